The van der Waals surface area contributed by atoms with E-state index < -0.39 is 12.2 Å². The molecule has 6 aromatic heterocycles. The Balaban J connectivity index is 0.000000135. The zero-order chi connectivity index (χ0) is 51.1. The van der Waals surface area contributed by atoms with Gasteiger partial charge in [-0.15, -0.1) is 12.4 Å². The summed E-state index contributed by atoms with van der Waals surface area (Å²) in [6.45, 7) is 4.82. The van der Waals surface area contributed by atoms with Crippen LogP contribution in [0.3, 0.4) is 0 Å². The summed E-state index contributed by atoms with van der Waals surface area (Å²) < 4.78 is 25.6. The van der Waals surface area contributed by atoms with Gasteiger partial charge in [0.15, 0.2) is 10.8 Å². The van der Waals surface area contributed by atoms with Crippen LogP contribution in [0.2, 0.25) is 58.3 Å². The van der Waals surface area contributed by atoms with Crippen molar-refractivity contribution in [1.82, 2.24) is 59.8 Å². The van der Waals surface area contributed by atoms with Crippen LogP contribution in [0, 0.1) is 12.2 Å². The van der Waals surface area contributed by atoms with E-state index >= 15 is 0 Å². The first-order chi connectivity index (χ1) is 36.2. The summed E-state index contributed by atoms with van der Waals surface area (Å²) in [6.07, 6.45) is 6.62. The number of H-pyrrole nitrogens is 3. The number of hydrogen-bond acceptors (Lipinski definition) is 16. The third kappa shape index (κ3) is 16.7. The monoisotopic (exact) mass is 1400 g/mol. The zero-order valence-electron chi connectivity index (χ0n) is 40.8. The minimum atomic E-state index is -0.866. The van der Waals surface area contributed by atoms with Crippen LogP contribution in [0.25, 0.3) is 33.5 Å². The Labute approximate surface area is 476 Å². The number of aromatic nitrogens is 12. The Kier molecular flexibility index (Phi) is 22.1. The first-order valence-corrected chi connectivity index (χ1v) is 36.7. The van der Waals surface area contributed by atoms with Gasteiger partial charge in [-0.2, -0.15) is 14.4 Å². The maximum absolute atomic E-state index is 13.1. The van der Waals surface area contributed by atoms with Gasteiger partial charge >= 0.3 is 409 Å². The number of fused-ring (bicyclic) bond motifs is 3. The van der Waals surface area contributed by atoms with E-state index in [9.17, 15) is 8.78 Å². The Morgan fingerprint density at radius 2 is 1.01 bits per heavy atom. The van der Waals surface area contributed by atoms with E-state index in [4.69, 9.17) is 28.1 Å². The molecule has 75 heavy (non-hydrogen) atoms. The average molecular weight is 1390 g/mol. The SMILES string of the molecule is Cl.Fc1nc(Cl)c2[nH]cnc2n1.Fc1nc(N[C@H]2CC[Se]C2)c2[nH]cnc2n1.N[C@H]1CC[Se]C1.Nc1ccc(N2CC[Se]CC2)cc1.c1nc2nc(Nc3ccc(N4CC[Se]CC4)cc3)nc(N[C@H]3CC[Se]C3)c2[nH]1. The molecule has 0 spiro atoms. The van der Waals surface area contributed by atoms with E-state index in [0.717, 1.165) is 104 Å². The first-order valence-electron chi connectivity index (χ1n) is 24.2. The van der Waals surface area contributed by atoms with Crippen molar-refractivity contribution >= 4 is 173 Å². The molecule has 0 unspecified atom stereocenters. The van der Waals surface area contributed by atoms with E-state index in [-0.39, 0.29) is 23.2 Å². The van der Waals surface area contributed by atoms with Crippen molar-refractivity contribution in [3.05, 3.63) is 84.8 Å². The first kappa shape index (κ1) is 57.1. The van der Waals surface area contributed by atoms with Crippen molar-refractivity contribution in [1.29, 1.82) is 0 Å². The molecule has 5 aliphatic rings. The molecule has 0 radical (unpaired) electrons. The topological polar surface area (TPSA) is 258 Å². The molecule has 5 aliphatic heterocycles. The zero-order valence-corrected chi connectivity index (χ0v) is 50.9. The number of imidazole rings is 3. The molecule has 3 atom stereocenters. The Bertz CT molecular complexity index is 2980. The second-order valence-electron chi connectivity index (χ2n) is 17.3. The van der Waals surface area contributed by atoms with Gasteiger partial charge in [-0.1, -0.05) is 11.6 Å². The molecular formula is C47H59Cl2F2N19Se5. The predicted molar refractivity (Wildman–Crippen MR) is 306 cm³/mol. The number of nitrogen functional groups attached to an aromatic ring is 1. The van der Waals surface area contributed by atoms with Crippen molar-refractivity contribution < 1.29 is 8.78 Å². The van der Waals surface area contributed by atoms with Crippen LogP contribution in [0.15, 0.2) is 67.5 Å². The molecule has 5 saturated heterocycles. The van der Waals surface area contributed by atoms with Crippen LogP contribution in [0.5, 0.6) is 0 Å². The van der Waals surface area contributed by atoms with Crippen LogP contribution in [0.1, 0.15) is 19.3 Å². The molecule has 0 aliphatic carbocycles. The summed E-state index contributed by atoms with van der Waals surface area (Å²) >= 11 is 9.67. The number of nitrogens with zero attached hydrogens (tertiary/aromatic N) is 11. The van der Waals surface area contributed by atoms with Gasteiger partial charge in [0.2, 0.25) is 0 Å². The standard InChI is InChI=1S/C19H23N7Se2.C10H14N2Se.C9H10FN5Se.C5H2ClFN4.C4H9NSe.ClH/c1-3-15(26-6-9-27-10-7-26)4-2-13(1)23-19-24-17-16(20-12-21-17)18(25-19)22-14-5-8-28-11-14;11-9-1-3-10(4-2-9)12-5-7-13-8-6-12;10-9-14-7-6(11-4-12-7)8(15-9)13-5-1-2-16-3-5;6-3-2-4(9-1-8-2)11-5(7)10-3;5-4-1-2-6-3-4;/h1-4,12,14H,5-11H2,(H3,20,21,22,23,24,25);1-4H,5-8,11H2;4-5H,1-3H2,(H2,11,12,13,14,15);1H,(H,8,9,10,11);4H,1-3,5H2;1H/t14-;;5-;;4-;/m0.0.0./s1. The summed E-state index contributed by atoms with van der Waals surface area (Å²) in [6, 6.07) is 18.3. The van der Waals surface area contributed by atoms with Gasteiger partial charge in [-0.05, 0) is 0 Å². The average Bonchev–Trinajstić information content (AvgIpc) is 4.29. The number of anilines is 7. The molecular weight excluding hydrogens is 1330 g/mol. The molecule has 0 bridgehead atoms. The van der Waals surface area contributed by atoms with Gasteiger partial charge < -0.3 is 4.98 Å². The Hall–Kier alpha value is -4.11. The molecule has 400 valence electrons. The van der Waals surface area contributed by atoms with Crippen molar-refractivity contribution in [2.24, 2.45) is 5.73 Å². The molecule has 28 heteroatoms. The van der Waals surface area contributed by atoms with Crippen LogP contribution < -0.4 is 37.2 Å². The van der Waals surface area contributed by atoms with Crippen molar-refractivity contribution in [3.8, 4) is 0 Å². The molecule has 0 amide bonds. The molecule has 0 saturated carbocycles. The van der Waals surface area contributed by atoms with E-state index in [1.807, 2.05) is 12.1 Å². The number of hydrogen-bond donors (Lipinski definition) is 8. The van der Waals surface area contributed by atoms with E-state index in [0.29, 0.717) is 52.2 Å². The Morgan fingerprint density at radius 3 is 1.51 bits per heavy atom. The van der Waals surface area contributed by atoms with Gasteiger partial charge in [-0.3, -0.25) is 0 Å². The summed E-state index contributed by atoms with van der Waals surface area (Å²) in [7, 11) is 0. The van der Waals surface area contributed by atoms with Crippen LogP contribution in [-0.4, -0.2) is 179 Å². The fourth-order valence-corrected chi connectivity index (χ4v) is 19.3. The van der Waals surface area contributed by atoms with Gasteiger partial charge in [0.05, 0.1) is 6.33 Å². The van der Waals surface area contributed by atoms with Crippen LogP contribution in [-0.2, 0) is 0 Å². The second kappa shape index (κ2) is 29.0. The number of benzene rings is 2. The number of rotatable bonds is 8. The van der Waals surface area contributed by atoms with Gasteiger partial charge in [0.25, 0.3) is 0 Å². The normalized spacial score (nSPS) is 19.1. The summed E-state index contributed by atoms with van der Waals surface area (Å²) in [5.74, 6) is 1.96. The van der Waals surface area contributed by atoms with Gasteiger partial charge in [-0.25, -0.2) is 4.98 Å². The quantitative estimate of drug-likeness (QED) is 0.0312. The van der Waals surface area contributed by atoms with E-state index in [1.165, 1.54) is 116 Å². The summed E-state index contributed by atoms with van der Waals surface area (Å²) in [5.41, 5.74) is 19.0. The Morgan fingerprint density at radius 1 is 0.547 bits per heavy atom. The fraction of sp³-hybridized carbons (Fsp3) is 0.426. The number of halogens is 4. The van der Waals surface area contributed by atoms with Gasteiger partial charge in [0, 0.05) is 0 Å². The molecule has 8 aromatic rings. The van der Waals surface area contributed by atoms with Crippen LogP contribution >= 0.6 is 24.0 Å². The van der Waals surface area contributed by atoms with E-state index in [1.54, 1.807) is 6.33 Å². The summed E-state index contributed by atoms with van der Waals surface area (Å²) in [4.78, 5) is 49.1. The van der Waals surface area contributed by atoms with Gasteiger partial charge in [0.1, 0.15) is 5.52 Å². The molecule has 19 nitrogen and oxygen atoms in total. The fourth-order valence-electron chi connectivity index (χ4n) is 8.13. The number of aromatic amines is 3. The molecule has 10 N–H and O–H groups in total. The summed E-state index contributed by atoms with van der Waals surface area (Å²) in [5, 5.41) is 23.5. The molecule has 13 rings (SSSR count). The number of nitrogens with one attached hydrogen (secondary N) is 6. The van der Waals surface area contributed by atoms with Crippen molar-refractivity contribution in [3.63, 3.8) is 0 Å². The van der Waals surface area contributed by atoms with Crippen molar-refractivity contribution in [2.45, 2.75) is 90.6 Å². The third-order valence-corrected chi connectivity index (χ3v) is 23.6. The second-order valence-corrected chi connectivity index (χ2v) is 30.1. The minimum absolute atomic E-state index is 0. The van der Waals surface area contributed by atoms with Crippen molar-refractivity contribution in [2.75, 3.05) is 57.7 Å². The predicted octanol–water partition coefficient (Wildman–Crippen LogP) is 7.85. The van der Waals surface area contributed by atoms with E-state index in [2.05, 4.69) is 117 Å². The number of nitrogens with two attached hydrogens (primary N) is 2. The molecule has 2 aromatic carbocycles. The molecule has 5 fully saturated rings. The van der Waals surface area contributed by atoms with Crippen LogP contribution in [0.4, 0.5) is 49.1 Å². The third-order valence-electron chi connectivity index (χ3n) is 12.0. The maximum atomic E-state index is 13.1. The molecule has 11 heterocycles.